The van der Waals surface area contributed by atoms with Crippen LogP contribution in [0, 0.1) is 34.5 Å². The molecule has 3 unspecified atom stereocenters. The second-order valence-electron chi connectivity index (χ2n) is 13.8. The largest absolute Gasteiger partial charge is 0.469 e. The highest BCUT2D eigenvalue weighted by Crippen LogP contribution is 2.78. The van der Waals surface area contributed by atoms with Crippen molar-refractivity contribution in [2.75, 3.05) is 7.11 Å². The van der Waals surface area contributed by atoms with Crippen LogP contribution in [-0.4, -0.2) is 53.5 Å². The molecule has 4 saturated carbocycles. The second kappa shape index (κ2) is 7.29. The number of fused-ring (bicyclic) bond motifs is 1. The molecule has 5 fully saturated rings. The molecule has 1 spiro atoms. The van der Waals surface area contributed by atoms with Crippen LogP contribution in [0.4, 0.5) is 0 Å². The van der Waals surface area contributed by atoms with Crippen LogP contribution in [0.15, 0.2) is 12.2 Å². The van der Waals surface area contributed by atoms with E-state index in [4.69, 9.17) is 18.3 Å². The number of ether oxygens (including phenoxy) is 2. The van der Waals surface area contributed by atoms with E-state index in [9.17, 15) is 9.59 Å². The summed E-state index contributed by atoms with van der Waals surface area (Å²) in [6, 6.07) is 0. The van der Waals surface area contributed by atoms with Gasteiger partial charge in [-0.15, -0.1) is 0 Å². The Labute approximate surface area is 206 Å². The predicted octanol–water partition coefficient (Wildman–Crippen LogP) is 4.91. The minimum Gasteiger partial charge on any atom is -0.469 e. The van der Waals surface area contributed by atoms with Crippen molar-refractivity contribution in [2.45, 2.75) is 96.1 Å². The normalized spacial score (nSPS) is 47.3. The summed E-state index contributed by atoms with van der Waals surface area (Å²) in [4.78, 5) is 27.5. The number of carbonyl (C=O) groups excluding carboxylic acids is 2. The summed E-state index contributed by atoms with van der Waals surface area (Å²) in [5.74, 6) is -0.767. The first kappa shape index (κ1) is 24.7. The molecule has 5 aliphatic rings. The minimum atomic E-state index is -1.94. The van der Waals surface area contributed by atoms with Crippen LogP contribution in [-0.2, 0) is 27.9 Å². The molecule has 1 aliphatic heterocycles. The standard InChI is InChI=1S/C26H42O6Si2/c1-15-13-25-14-16(15)12-17(31-33(4,5)6)20(25)26-11-10-18(32-34(7,8)9)24(2,23(28)30-26)21(26)19(25)22(27)29-3/h16-21H,1,10-14H2,2-9H3/t16-,17+,18+,19-,20?,21?,24?,25-,26-/m1/s1. The minimum absolute atomic E-state index is 0.0186. The third kappa shape index (κ3) is 3.17. The predicted molar refractivity (Wildman–Crippen MR) is 134 cm³/mol. The zero-order chi connectivity index (χ0) is 25.1. The average Bonchev–Trinajstić information content (AvgIpc) is 3.15. The van der Waals surface area contributed by atoms with Crippen LogP contribution in [0.2, 0.25) is 39.3 Å². The van der Waals surface area contributed by atoms with Gasteiger partial charge in [-0.1, -0.05) is 12.2 Å². The van der Waals surface area contributed by atoms with Crippen LogP contribution < -0.4 is 0 Å². The van der Waals surface area contributed by atoms with Crippen molar-refractivity contribution in [2.24, 2.45) is 34.5 Å². The fraction of sp³-hybridized carbons (Fsp3) is 0.846. The van der Waals surface area contributed by atoms with Crippen molar-refractivity contribution < 1.29 is 27.9 Å². The van der Waals surface area contributed by atoms with Gasteiger partial charge in [0.15, 0.2) is 16.6 Å². The van der Waals surface area contributed by atoms with Gasteiger partial charge in [0.2, 0.25) is 0 Å². The molecule has 4 bridgehead atoms. The molecule has 0 aromatic rings. The van der Waals surface area contributed by atoms with Crippen LogP contribution in [0.3, 0.4) is 0 Å². The van der Waals surface area contributed by atoms with Gasteiger partial charge in [0.05, 0.1) is 30.7 Å². The van der Waals surface area contributed by atoms with Crippen molar-refractivity contribution in [3.63, 3.8) is 0 Å². The summed E-state index contributed by atoms with van der Waals surface area (Å²) in [6.45, 7) is 19.6. The third-order valence-corrected chi connectivity index (χ3v) is 11.6. The fourth-order valence-electron chi connectivity index (χ4n) is 8.97. The maximum atomic E-state index is 13.8. The lowest BCUT2D eigenvalue weighted by Crippen LogP contribution is -2.57. The molecule has 1 heterocycles. The van der Waals surface area contributed by atoms with Crippen molar-refractivity contribution in [3.05, 3.63) is 12.2 Å². The zero-order valence-electron chi connectivity index (χ0n) is 22.2. The van der Waals surface area contributed by atoms with Gasteiger partial charge < -0.3 is 18.3 Å². The molecule has 190 valence electrons. The first-order valence-corrected chi connectivity index (χ1v) is 19.8. The van der Waals surface area contributed by atoms with E-state index in [1.165, 1.54) is 12.7 Å². The van der Waals surface area contributed by atoms with E-state index in [0.717, 1.165) is 32.1 Å². The number of esters is 2. The fourth-order valence-corrected chi connectivity index (χ4v) is 11.3. The Hall–Kier alpha value is -0.966. The molecule has 0 N–H and O–H groups in total. The Kier molecular flexibility index (Phi) is 5.30. The van der Waals surface area contributed by atoms with Gasteiger partial charge in [0.25, 0.3) is 0 Å². The van der Waals surface area contributed by atoms with E-state index in [0.29, 0.717) is 5.92 Å². The molecule has 8 heteroatoms. The smallest absolute Gasteiger partial charge is 0.315 e. The summed E-state index contributed by atoms with van der Waals surface area (Å²) in [6.07, 6.45) is 3.82. The van der Waals surface area contributed by atoms with E-state index in [1.807, 2.05) is 6.92 Å². The van der Waals surface area contributed by atoms with Crippen LogP contribution in [0.5, 0.6) is 0 Å². The first-order chi connectivity index (χ1) is 15.6. The monoisotopic (exact) mass is 506 g/mol. The summed E-state index contributed by atoms with van der Waals surface area (Å²) >= 11 is 0. The number of carbonyl (C=O) groups is 2. The Morgan fingerprint density at radius 2 is 1.74 bits per heavy atom. The number of hydrogen-bond acceptors (Lipinski definition) is 6. The van der Waals surface area contributed by atoms with Gasteiger partial charge in [-0.3, -0.25) is 9.59 Å². The molecule has 5 rings (SSSR count). The quantitative estimate of drug-likeness (QED) is 0.300. The summed E-state index contributed by atoms with van der Waals surface area (Å²) in [5.41, 5.74) is -0.688. The maximum Gasteiger partial charge on any atom is 0.315 e. The van der Waals surface area contributed by atoms with Gasteiger partial charge in [-0.05, 0) is 89.6 Å². The molecule has 34 heavy (non-hydrogen) atoms. The number of allylic oxidation sites excluding steroid dienone is 1. The van der Waals surface area contributed by atoms with Gasteiger partial charge >= 0.3 is 11.9 Å². The Balaban J connectivity index is 1.70. The van der Waals surface area contributed by atoms with Gasteiger partial charge in [0.1, 0.15) is 5.60 Å². The molecular weight excluding hydrogens is 464 g/mol. The summed E-state index contributed by atoms with van der Waals surface area (Å²) in [7, 11) is -2.35. The molecule has 0 amide bonds. The zero-order valence-corrected chi connectivity index (χ0v) is 24.2. The molecule has 1 saturated heterocycles. The average molecular weight is 507 g/mol. The highest BCUT2D eigenvalue weighted by Gasteiger charge is 2.85. The van der Waals surface area contributed by atoms with E-state index < -0.39 is 33.6 Å². The maximum absolute atomic E-state index is 13.8. The third-order valence-electron chi connectivity index (χ3n) is 9.56. The first-order valence-electron chi connectivity index (χ1n) is 12.9. The van der Waals surface area contributed by atoms with Crippen molar-refractivity contribution in [3.8, 4) is 0 Å². The molecule has 0 aromatic carbocycles. The molecular formula is C26H42O6Si2. The number of hydrogen-bond donors (Lipinski definition) is 0. The van der Waals surface area contributed by atoms with Gasteiger partial charge in [0, 0.05) is 11.8 Å². The highest BCUT2D eigenvalue weighted by atomic mass is 28.4. The van der Waals surface area contributed by atoms with Gasteiger partial charge in [-0.2, -0.15) is 0 Å². The van der Waals surface area contributed by atoms with Crippen molar-refractivity contribution >= 4 is 28.6 Å². The molecule has 9 atom stereocenters. The van der Waals surface area contributed by atoms with Gasteiger partial charge in [-0.25, -0.2) is 0 Å². The molecule has 0 aromatic heterocycles. The van der Waals surface area contributed by atoms with Crippen molar-refractivity contribution in [1.82, 2.24) is 0 Å². The molecule has 0 radical (unpaired) electrons. The Bertz CT molecular complexity index is 937. The van der Waals surface area contributed by atoms with Crippen LogP contribution in [0.25, 0.3) is 0 Å². The lowest BCUT2D eigenvalue weighted by Gasteiger charge is -2.50. The lowest BCUT2D eigenvalue weighted by atomic mass is 9.59. The Morgan fingerprint density at radius 1 is 1.09 bits per heavy atom. The number of rotatable bonds is 5. The van der Waals surface area contributed by atoms with E-state index in [-0.39, 0.29) is 41.4 Å². The van der Waals surface area contributed by atoms with Crippen LogP contribution >= 0.6 is 0 Å². The Morgan fingerprint density at radius 3 is 2.32 bits per heavy atom. The summed E-state index contributed by atoms with van der Waals surface area (Å²) in [5, 5.41) is 0. The molecule has 6 nitrogen and oxygen atoms in total. The molecule has 4 aliphatic carbocycles. The topological polar surface area (TPSA) is 71.1 Å². The van der Waals surface area contributed by atoms with E-state index >= 15 is 0 Å². The second-order valence-corrected chi connectivity index (χ2v) is 22.7. The van der Waals surface area contributed by atoms with Crippen molar-refractivity contribution in [1.29, 1.82) is 0 Å². The van der Waals surface area contributed by atoms with Crippen LogP contribution in [0.1, 0.15) is 39.0 Å². The highest BCUT2D eigenvalue weighted by molar-refractivity contribution is 6.70. The number of methoxy groups -OCH3 is 1. The van der Waals surface area contributed by atoms with E-state index in [2.05, 4.69) is 45.9 Å². The lowest BCUT2D eigenvalue weighted by molar-refractivity contribution is -0.168. The summed E-state index contributed by atoms with van der Waals surface area (Å²) < 4.78 is 25.6. The SMILES string of the molecule is C=C1C[C@]23C[C@H]1C[C@H](O[Si](C)(C)C)C2[C@@]12CC[C@H](O[Si](C)(C)C)C(C)(C(=O)O1)C2[C@@H]3C(=O)OC. The van der Waals surface area contributed by atoms with E-state index in [1.54, 1.807) is 0 Å².